The van der Waals surface area contributed by atoms with Gasteiger partial charge in [-0.25, -0.2) is 13.8 Å². The van der Waals surface area contributed by atoms with Crippen molar-refractivity contribution in [2.45, 2.75) is 13.3 Å². The molecule has 0 unspecified atom stereocenters. The van der Waals surface area contributed by atoms with Crippen molar-refractivity contribution >= 4 is 5.82 Å². The second-order valence-electron chi connectivity index (χ2n) is 2.28. The van der Waals surface area contributed by atoms with Gasteiger partial charge in [-0.15, -0.1) is 0 Å². The Hall–Kier alpha value is -1.26. The van der Waals surface area contributed by atoms with Gasteiger partial charge in [0.1, 0.15) is 11.5 Å². The zero-order chi connectivity index (χ0) is 9.14. The Bertz CT molecular complexity index is 275. The average Bonchev–Trinajstić information content (AvgIpc) is 2.05. The van der Waals surface area contributed by atoms with Crippen LogP contribution in [0.3, 0.4) is 0 Å². The van der Waals surface area contributed by atoms with E-state index < -0.39 is 6.43 Å². The van der Waals surface area contributed by atoms with Gasteiger partial charge in [-0.05, 0) is 6.92 Å². The number of aryl methyl sites for hydroxylation is 1. The molecule has 0 aliphatic heterocycles. The van der Waals surface area contributed by atoms with Crippen LogP contribution < -0.4 is 5.32 Å². The van der Waals surface area contributed by atoms with Crippen LogP contribution in [0, 0.1) is 6.92 Å². The van der Waals surface area contributed by atoms with Crippen LogP contribution in [0.4, 0.5) is 14.6 Å². The summed E-state index contributed by atoms with van der Waals surface area (Å²) in [5.41, 5.74) is 0.312. The summed E-state index contributed by atoms with van der Waals surface area (Å²) in [5, 5.41) is 2.68. The van der Waals surface area contributed by atoms with E-state index in [1.807, 2.05) is 0 Å². The van der Waals surface area contributed by atoms with Gasteiger partial charge < -0.3 is 5.32 Å². The number of rotatable bonds is 2. The SMILES string of the molecule is CNc1nc(C(F)F)cnc1C. The van der Waals surface area contributed by atoms with Crippen molar-refractivity contribution in [3.8, 4) is 0 Å². The minimum atomic E-state index is -2.56. The van der Waals surface area contributed by atoms with Crippen molar-refractivity contribution in [1.29, 1.82) is 0 Å². The molecule has 0 spiro atoms. The molecule has 1 aromatic heterocycles. The number of hydrogen-bond donors (Lipinski definition) is 1. The van der Waals surface area contributed by atoms with E-state index in [2.05, 4.69) is 15.3 Å². The summed E-state index contributed by atoms with van der Waals surface area (Å²) in [6.45, 7) is 1.70. The van der Waals surface area contributed by atoms with Crippen molar-refractivity contribution in [3.63, 3.8) is 0 Å². The highest BCUT2D eigenvalue weighted by Gasteiger charge is 2.10. The van der Waals surface area contributed by atoms with Crippen LogP contribution in [0.2, 0.25) is 0 Å². The molecule has 12 heavy (non-hydrogen) atoms. The first kappa shape index (κ1) is 8.83. The average molecular weight is 173 g/mol. The zero-order valence-electron chi connectivity index (χ0n) is 6.81. The van der Waals surface area contributed by atoms with E-state index >= 15 is 0 Å². The molecule has 0 radical (unpaired) electrons. The Kier molecular flexibility index (Phi) is 2.52. The maximum Gasteiger partial charge on any atom is 0.281 e. The van der Waals surface area contributed by atoms with Gasteiger partial charge in [0, 0.05) is 7.05 Å². The van der Waals surface area contributed by atoms with Crippen LogP contribution >= 0.6 is 0 Å². The lowest BCUT2D eigenvalue weighted by Gasteiger charge is -2.04. The third-order valence-electron chi connectivity index (χ3n) is 1.43. The molecule has 1 rings (SSSR count). The normalized spacial score (nSPS) is 10.4. The standard InChI is InChI=1S/C7H9F2N3/c1-4-7(10-2)12-5(3-11-4)6(8)9/h3,6H,1-2H3,(H,10,12). The van der Waals surface area contributed by atoms with Crippen molar-refractivity contribution < 1.29 is 8.78 Å². The summed E-state index contributed by atoms with van der Waals surface area (Å²) >= 11 is 0. The van der Waals surface area contributed by atoms with Crippen molar-refractivity contribution in [3.05, 3.63) is 17.6 Å². The maximum absolute atomic E-state index is 12.1. The molecule has 1 N–H and O–H groups in total. The Morgan fingerprint density at radius 3 is 2.67 bits per heavy atom. The molecule has 0 aromatic carbocycles. The molecular formula is C7H9F2N3. The molecule has 0 atom stereocenters. The number of nitrogens with one attached hydrogen (secondary N) is 1. The summed E-state index contributed by atoms with van der Waals surface area (Å²) in [6, 6.07) is 0. The summed E-state index contributed by atoms with van der Waals surface area (Å²) < 4.78 is 24.2. The van der Waals surface area contributed by atoms with E-state index in [1.165, 1.54) is 0 Å². The summed E-state index contributed by atoms with van der Waals surface area (Å²) in [4.78, 5) is 7.43. The van der Waals surface area contributed by atoms with E-state index in [-0.39, 0.29) is 5.69 Å². The highest BCUT2D eigenvalue weighted by atomic mass is 19.3. The van der Waals surface area contributed by atoms with E-state index in [0.29, 0.717) is 11.5 Å². The smallest absolute Gasteiger partial charge is 0.281 e. The van der Waals surface area contributed by atoms with E-state index in [9.17, 15) is 8.78 Å². The van der Waals surface area contributed by atoms with Gasteiger partial charge in [0.15, 0.2) is 0 Å². The quantitative estimate of drug-likeness (QED) is 0.740. The van der Waals surface area contributed by atoms with Crippen molar-refractivity contribution in [1.82, 2.24) is 9.97 Å². The molecule has 3 nitrogen and oxygen atoms in total. The van der Waals surface area contributed by atoms with Gasteiger partial charge in [-0.2, -0.15) is 0 Å². The first-order chi connectivity index (χ1) is 5.65. The molecule has 66 valence electrons. The lowest BCUT2D eigenvalue weighted by Crippen LogP contribution is -2.01. The van der Waals surface area contributed by atoms with E-state index in [4.69, 9.17) is 0 Å². The van der Waals surface area contributed by atoms with Crippen molar-refractivity contribution in [2.24, 2.45) is 0 Å². The number of nitrogens with zero attached hydrogens (tertiary/aromatic N) is 2. The Morgan fingerprint density at radius 2 is 2.17 bits per heavy atom. The number of anilines is 1. The monoisotopic (exact) mass is 173 g/mol. The fourth-order valence-electron chi connectivity index (χ4n) is 0.805. The predicted molar refractivity (Wildman–Crippen MR) is 41.3 cm³/mol. The zero-order valence-corrected chi connectivity index (χ0v) is 6.81. The molecular weight excluding hydrogens is 164 g/mol. The van der Waals surface area contributed by atoms with Crippen LogP contribution in [0.25, 0.3) is 0 Å². The van der Waals surface area contributed by atoms with Crippen LogP contribution in [0.1, 0.15) is 17.8 Å². The number of hydrogen-bond acceptors (Lipinski definition) is 3. The van der Waals surface area contributed by atoms with Gasteiger partial charge >= 0.3 is 0 Å². The van der Waals surface area contributed by atoms with Crippen molar-refractivity contribution in [2.75, 3.05) is 12.4 Å². The Labute approximate surface area is 68.8 Å². The number of halogens is 2. The Balaban J connectivity index is 3.05. The Morgan fingerprint density at radius 1 is 1.50 bits per heavy atom. The van der Waals surface area contributed by atoms with Gasteiger partial charge in [-0.3, -0.25) is 4.98 Å². The fourth-order valence-corrected chi connectivity index (χ4v) is 0.805. The van der Waals surface area contributed by atoms with E-state index in [0.717, 1.165) is 6.20 Å². The van der Waals surface area contributed by atoms with E-state index in [1.54, 1.807) is 14.0 Å². The van der Waals surface area contributed by atoms with Gasteiger partial charge in [-0.1, -0.05) is 0 Å². The summed E-state index contributed by atoms with van der Waals surface area (Å²) in [5.74, 6) is 0.396. The fraction of sp³-hybridized carbons (Fsp3) is 0.429. The second kappa shape index (κ2) is 3.42. The maximum atomic E-state index is 12.1. The number of aromatic nitrogens is 2. The van der Waals surface area contributed by atoms with Gasteiger partial charge in [0.2, 0.25) is 0 Å². The molecule has 0 saturated heterocycles. The molecule has 5 heteroatoms. The molecule has 0 aliphatic carbocycles. The lowest BCUT2D eigenvalue weighted by molar-refractivity contribution is 0.145. The van der Waals surface area contributed by atoms with Crippen LogP contribution in [-0.4, -0.2) is 17.0 Å². The molecule has 1 heterocycles. The predicted octanol–water partition coefficient (Wildman–Crippen LogP) is 1.76. The molecule has 0 fully saturated rings. The van der Waals surface area contributed by atoms with Gasteiger partial charge in [0.05, 0.1) is 11.9 Å². The topological polar surface area (TPSA) is 37.8 Å². The van der Waals surface area contributed by atoms with Gasteiger partial charge in [0.25, 0.3) is 6.43 Å². The molecule has 0 bridgehead atoms. The highest BCUT2D eigenvalue weighted by Crippen LogP contribution is 2.18. The first-order valence-corrected chi connectivity index (χ1v) is 3.44. The summed E-state index contributed by atoms with van der Waals surface area (Å²) in [6.07, 6.45) is -1.48. The van der Waals surface area contributed by atoms with Crippen LogP contribution in [0.5, 0.6) is 0 Å². The summed E-state index contributed by atoms with van der Waals surface area (Å²) in [7, 11) is 1.62. The third kappa shape index (κ3) is 1.66. The molecule has 0 saturated carbocycles. The first-order valence-electron chi connectivity index (χ1n) is 3.44. The minimum absolute atomic E-state index is 0.301. The number of alkyl halides is 2. The highest BCUT2D eigenvalue weighted by molar-refractivity contribution is 5.38. The molecule has 0 aliphatic rings. The largest absolute Gasteiger partial charge is 0.372 e. The lowest BCUT2D eigenvalue weighted by atomic mass is 10.4. The molecule has 0 amide bonds. The second-order valence-corrected chi connectivity index (χ2v) is 2.28. The van der Waals surface area contributed by atoms with Crippen LogP contribution in [-0.2, 0) is 0 Å². The minimum Gasteiger partial charge on any atom is -0.372 e. The molecule has 1 aromatic rings. The third-order valence-corrected chi connectivity index (χ3v) is 1.43. The van der Waals surface area contributed by atoms with Crippen LogP contribution in [0.15, 0.2) is 6.20 Å².